The van der Waals surface area contributed by atoms with E-state index in [1.165, 1.54) is 0 Å². The number of hydrogen-bond acceptors (Lipinski definition) is 8. The number of hydrogen-bond donors (Lipinski definition) is 1. The van der Waals surface area contributed by atoms with E-state index in [0.29, 0.717) is 50.3 Å². The molecule has 1 amide bonds. The molecule has 0 bridgehead atoms. The van der Waals surface area contributed by atoms with Gasteiger partial charge in [-0.25, -0.2) is 4.79 Å². The van der Waals surface area contributed by atoms with Gasteiger partial charge in [0.1, 0.15) is 5.60 Å². The third-order valence-corrected chi connectivity index (χ3v) is 6.45. The number of carbonyl (C=O) groups is 1. The summed E-state index contributed by atoms with van der Waals surface area (Å²) in [5, 5.41) is 7.84. The second-order valence-electron chi connectivity index (χ2n) is 9.80. The Hall–Kier alpha value is -3.73. The highest BCUT2D eigenvalue weighted by Crippen LogP contribution is 2.23. The van der Waals surface area contributed by atoms with E-state index in [0.717, 1.165) is 21.3 Å². The number of ether oxygens (including phenoxy) is 1. The summed E-state index contributed by atoms with van der Waals surface area (Å²) in [7, 11) is 0. The maximum Gasteiger partial charge on any atom is 0.410 e. The normalized spacial score (nSPS) is 14.2. The third kappa shape index (κ3) is 5.82. The molecule has 0 unspecified atom stereocenters. The van der Waals surface area contributed by atoms with Gasteiger partial charge < -0.3 is 19.9 Å². The van der Waals surface area contributed by atoms with Crippen molar-refractivity contribution < 1.29 is 9.53 Å². The minimum Gasteiger partial charge on any atom is -0.444 e. The number of halogens is 1. The Morgan fingerprint density at radius 1 is 1.05 bits per heavy atom. The van der Waals surface area contributed by atoms with Gasteiger partial charge in [0.05, 0.1) is 16.4 Å². The van der Waals surface area contributed by atoms with Gasteiger partial charge in [0.2, 0.25) is 11.9 Å². The SMILES string of the molecule is CC(C)(C)OC(=O)N1CCN(c2nc(NCc3ccc(-c4ccccn4)cc3)n3ncc(Br)c3n2)CC1. The van der Waals surface area contributed by atoms with Gasteiger partial charge in [0.15, 0.2) is 5.65 Å². The van der Waals surface area contributed by atoms with Crippen molar-refractivity contribution in [1.29, 1.82) is 0 Å². The zero-order valence-electron chi connectivity index (χ0n) is 21.1. The van der Waals surface area contributed by atoms with E-state index in [9.17, 15) is 4.79 Å². The molecule has 4 aromatic rings. The molecule has 11 heteroatoms. The fourth-order valence-corrected chi connectivity index (χ4v) is 4.37. The lowest BCUT2D eigenvalue weighted by Gasteiger charge is -2.35. The summed E-state index contributed by atoms with van der Waals surface area (Å²) in [6.07, 6.45) is 3.21. The molecule has 1 aliphatic heterocycles. The van der Waals surface area contributed by atoms with E-state index < -0.39 is 5.60 Å². The summed E-state index contributed by atoms with van der Waals surface area (Å²) in [5.74, 6) is 1.18. The second-order valence-corrected chi connectivity index (χ2v) is 10.6. The molecule has 0 radical (unpaired) electrons. The zero-order chi connectivity index (χ0) is 26.0. The number of anilines is 2. The molecule has 37 heavy (non-hydrogen) atoms. The summed E-state index contributed by atoms with van der Waals surface area (Å²) in [6, 6.07) is 14.2. The maximum atomic E-state index is 12.4. The Morgan fingerprint density at radius 3 is 2.49 bits per heavy atom. The molecular formula is C26H29BrN8O2. The molecule has 1 aliphatic rings. The van der Waals surface area contributed by atoms with Crippen LogP contribution in [-0.2, 0) is 11.3 Å². The highest BCUT2D eigenvalue weighted by atomic mass is 79.9. The first-order chi connectivity index (χ1) is 17.8. The van der Waals surface area contributed by atoms with Crippen molar-refractivity contribution in [2.45, 2.75) is 32.9 Å². The van der Waals surface area contributed by atoms with Crippen LogP contribution in [-0.4, -0.2) is 67.3 Å². The molecule has 0 saturated carbocycles. The largest absolute Gasteiger partial charge is 0.444 e. The van der Waals surface area contributed by atoms with Gasteiger partial charge in [-0.15, -0.1) is 0 Å². The van der Waals surface area contributed by atoms with Gasteiger partial charge in [-0.3, -0.25) is 4.98 Å². The van der Waals surface area contributed by atoms with Crippen LogP contribution >= 0.6 is 15.9 Å². The van der Waals surface area contributed by atoms with Crippen LogP contribution in [0.4, 0.5) is 16.7 Å². The molecular weight excluding hydrogens is 536 g/mol. The van der Waals surface area contributed by atoms with E-state index in [2.05, 4.69) is 60.5 Å². The Bertz CT molecular complexity index is 1380. The monoisotopic (exact) mass is 564 g/mol. The molecule has 0 spiro atoms. The van der Waals surface area contributed by atoms with Crippen molar-refractivity contribution in [3.8, 4) is 11.3 Å². The third-order valence-electron chi connectivity index (χ3n) is 5.89. The van der Waals surface area contributed by atoms with Crippen molar-refractivity contribution in [2.24, 2.45) is 0 Å². The Kier molecular flexibility index (Phi) is 6.96. The predicted molar refractivity (Wildman–Crippen MR) is 146 cm³/mol. The number of piperazine rings is 1. The quantitative estimate of drug-likeness (QED) is 0.374. The van der Waals surface area contributed by atoms with Crippen molar-refractivity contribution in [2.75, 3.05) is 36.4 Å². The molecule has 3 aromatic heterocycles. The lowest BCUT2D eigenvalue weighted by molar-refractivity contribution is 0.0240. The number of aromatic nitrogens is 5. The summed E-state index contributed by atoms with van der Waals surface area (Å²) < 4.78 is 7.98. The Labute approximate surface area is 223 Å². The first-order valence-electron chi connectivity index (χ1n) is 12.2. The van der Waals surface area contributed by atoms with E-state index >= 15 is 0 Å². The van der Waals surface area contributed by atoms with E-state index in [1.807, 2.05) is 39.0 Å². The van der Waals surface area contributed by atoms with Crippen LogP contribution in [0.2, 0.25) is 0 Å². The van der Waals surface area contributed by atoms with Crippen LogP contribution in [0.25, 0.3) is 16.9 Å². The average molecular weight is 565 g/mol. The smallest absolute Gasteiger partial charge is 0.410 e. The number of benzene rings is 1. The minimum absolute atomic E-state index is 0.293. The maximum absolute atomic E-state index is 12.4. The van der Waals surface area contributed by atoms with Crippen LogP contribution in [0.1, 0.15) is 26.3 Å². The van der Waals surface area contributed by atoms with Crippen LogP contribution in [0.3, 0.4) is 0 Å². The second kappa shape index (κ2) is 10.3. The Balaban J connectivity index is 1.30. The first-order valence-corrected chi connectivity index (χ1v) is 12.9. The summed E-state index contributed by atoms with van der Waals surface area (Å²) in [5.41, 5.74) is 3.27. The lowest BCUT2D eigenvalue weighted by Crippen LogP contribution is -2.50. The number of nitrogens with one attached hydrogen (secondary N) is 1. The van der Waals surface area contributed by atoms with Crippen LogP contribution in [0, 0.1) is 0 Å². The summed E-state index contributed by atoms with van der Waals surface area (Å²) in [4.78, 5) is 30.2. The van der Waals surface area contributed by atoms with Gasteiger partial charge in [-0.1, -0.05) is 30.3 Å². The number of nitrogens with zero attached hydrogens (tertiary/aromatic N) is 7. The first kappa shape index (κ1) is 24.9. The molecule has 0 atom stereocenters. The topological polar surface area (TPSA) is 101 Å². The van der Waals surface area contributed by atoms with E-state index in [1.54, 1.807) is 21.8 Å². The molecule has 1 N–H and O–H groups in total. The summed E-state index contributed by atoms with van der Waals surface area (Å²) in [6.45, 7) is 8.47. The number of carbonyl (C=O) groups excluding carboxylic acids is 1. The highest BCUT2D eigenvalue weighted by Gasteiger charge is 2.27. The van der Waals surface area contributed by atoms with Crippen LogP contribution in [0.15, 0.2) is 59.3 Å². The molecule has 10 nitrogen and oxygen atoms in total. The lowest BCUT2D eigenvalue weighted by atomic mass is 10.1. The Morgan fingerprint density at radius 2 is 1.81 bits per heavy atom. The zero-order valence-corrected chi connectivity index (χ0v) is 22.6. The molecule has 1 fully saturated rings. The van der Waals surface area contributed by atoms with Crippen molar-refractivity contribution >= 4 is 39.6 Å². The van der Waals surface area contributed by atoms with Crippen molar-refractivity contribution in [3.63, 3.8) is 0 Å². The van der Waals surface area contributed by atoms with E-state index in [-0.39, 0.29) is 6.09 Å². The summed E-state index contributed by atoms with van der Waals surface area (Å²) >= 11 is 3.55. The number of fused-ring (bicyclic) bond motifs is 1. The number of rotatable bonds is 5. The molecule has 0 aliphatic carbocycles. The molecule has 5 rings (SSSR count). The minimum atomic E-state index is -0.518. The molecule has 1 saturated heterocycles. The highest BCUT2D eigenvalue weighted by molar-refractivity contribution is 9.10. The molecule has 4 heterocycles. The fraction of sp³-hybridized carbons (Fsp3) is 0.346. The van der Waals surface area contributed by atoms with Crippen molar-refractivity contribution in [3.05, 3.63) is 64.9 Å². The number of pyridine rings is 1. The van der Waals surface area contributed by atoms with Gasteiger partial charge >= 0.3 is 6.09 Å². The average Bonchev–Trinajstić information content (AvgIpc) is 3.28. The van der Waals surface area contributed by atoms with Gasteiger partial charge in [-0.2, -0.15) is 19.6 Å². The van der Waals surface area contributed by atoms with Gasteiger partial charge in [0.25, 0.3) is 0 Å². The predicted octanol–water partition coefficient (Wildman–Crippen LogP) is 4.62. The molecule has 1 aromatic carbocycles. The fourth-order valence-electron chi connectivity index (χ4n) is 4.02. The van der Waals surface area contributed by atoms with Crippen LogP contribution < -0.4 is 10.2 Å². The van der Waals surface area contributed by atoms with Crippen molar-refractivity contribution in [1.82, 2.24) is 29.5 Å². The molecule has 192 valence electrons. The van der Waals surface area contributed by atoms with E-state index in [4.69, 9.17) is 14.7 Å². The standard InChI is InChI=1S/C26H29BrN8O2/c1-26(2,3)37-25(36)34-14-12-33(13-15-34)24-31-22-20(27)17-30-35(22)23(32-24)29-16-18-7-9-19(10-8-18)21-6-4-5-11-28-21/h4-11,17H,12-16H2,1-3H3,(H,29,31,32). The van der Waals surface area contributed by atoms with Gasteiger partial charge in [0, 0.05) is 44.5 Å². The van der Waals surface area contributed by atoms with Gasteiger partial charge in [-0.05, 0) is 54.4 Å². The van der Waals surface area contributed by atoms with Crippen LogP contribution in [0.5, 0.6) is 0 Å². The number of amides is 1.